The molecule has 1 saturated heterocycles. The van der Waals surface area contributed by atoms with Gasteiger partial charge < -0.3 is 14.7 Å². The first-order valence-corrected chi connectivity index (χ1v) is 6.48. The number of nitrogens with zero attached hydrogens (tertiary/aromatic N) is 2. The Morgan fingerprint density at radius 2 is 1.75 bits per heavy atom. The minimum atomic E-state index is -0.918. The lowest BCUT2D eigenvalue weighted by atomic mass is 10.0. The molecule has 1 unspecified atom stereocenters. The number of hydrogen-bond acceptors (Lipinski definition) is 4. The van der Waals surface area contributed by atoms with Crippen LogP contribution in [0.1, 0.15) is 11.6 Å². The van der Waals surface area contributed by atoms with Crippen molar-refractivity contribution in [3.05, 3.63) is 35.9 Å². The molecule has 0 saturated carbocycles. The fraction of sp³-hybridized carbons (Fsp3) is 0.429. The maximum absolute atomic E-state index is 12.0. The van der Waals surface area contributed by atoms with Gasteiger partial charge in [0, 0.05) is 26.2 Å². The Bertz CT molecular complexity index is 469. The molecule has 1 aromatic carbocycles. The summed E-state index contributed by atoms with van der Waals surface area (Å²) in [6.45, 7) is 1.83. The second-order valence-corrected chi connectivity index (χ2v) is 4.64. The van der Waals surface area contributed by atoms with Gasteiger partial charge in [-0.15, -0.1) is 0 Å². The molecule has 0 aromatic heterocycles. The molecule has 1 N–H and O–H groups in total. The molecule has 2 rings (SSSR count). The number of carbonyl (C=O) groups is 2. The zero-order valence-corrected chi connectivity index (χ0v) is 11.4. The van der Waals surface area contributed by atoms with Crippen molar-refractivity contribution in [1.82, 2.24) is 9.80 Å². The molecule has 1 fully saturated rings. The molecule has 1 amide bonds. The number of hydrogen-bond donors (Lipinski definition) is 1. The van der Waals surface area contributed by atoms with E-state index in [1.165, 1.54) is 12.0 Å². The van der Waals surface area contributed by atoms with Crippen molar-refractivity contribution in [3.63, 3.8) is 0 Å². The van der Waals surface area contributed by atoms with Gasteiger partial charge in [-0.2, -0.15) is 0 Å². The van der Waals surface area contributed by atoms with Crippen molar-refractivity contribution in [1.29, 1.82) is 0 Å². The summed E-state index contributed by atoms with van der Waals surface area (Å²) in [7, 11) is 1.37. The van der Waals surface area contributed by atoms with E-state index < -0.39 is 12.1 Å². The molecule has 1 heterocycles. The smallest absolute Gasteiger partial charge is 0.407 e. The van der Waals surface area contributed by atoms with Gasteiger partial charge in [0.2, 0.25) is 0 Å². The van der Waals surface area contributed by atoms with Gasteiger partial charge in [0.05, 0.1) is 7.11 Å². The van der Waals surface area contributed by atoms with E-state index in [-0.39, 0.29) is 5.97 Å². The lowest BCUT2D eigenvalue weighted by Gasteiger charge is -2.37. The van der Waals surface area contributed by atoms with E-state index in [9.17, 15) is 9.59 Å². The zero-order chi connectivity index (χ0) is 14.5. The SMILES string of the molecule is COC(=O)C(c1ccccc1)N1CCN(C(=O)O)CC1. The molecule has 6 heteroatoms. The summed E-state index contributed by atoms with van der Waals surface area (Å²) in [5.74, 6) is -0.319. The minimum Gasteiger partial charge on any atom is -0.468 e. The summed E-state index contributed by atoms with van der Waals surface area (Å²) < 4.78 is 4.88. The number of carbonyl (C=O) groups excluding carboxylic acids is 1. The Labute approximate surface area is 117 Å². The topological polar surface area (TPSA) is 70.1 Å². The van der Waals surface area contributed by atoms with Gasteiger partial charge in [0.25, 0.3) is 0 Å². The van der Waals surface area contributed by atoms with Crippen LogP contribution in [-0.4, -0.2) is 60.3 Å². The van der Waals surface area contributed by atoms with Crippen LogP contribution in [-0.2, 0) is 9.53 Å². The number of esters is 1. The second kappa shape index (κ2) is 6.38. The molecule has 0 bridgehead atoms. The van der Waals surface area contributed by atoms with E-state index in [1.807, 2.05) is 35.2 Å². The molecule has 1 atom stereocenters. The zero-order valence-electron chi connectivity index (χ0n) is 11.4. The first kappa shape index (κ1) is 14.3. The fourth-order valence-corrected chi connectivity index (χ4v) is 2.41. The van der Waals surface area contributed by atoms with Gasteiger partial charge in [-0.25, -0.2) is 9.59 Å². The number of carboxylic acid groups (broad SMARTS) is 1. The predicted molar refractivity (Wildman–Crippen MR) is 72.4 cm³/mol. The first-order valence-electron chi connectivity index (χ1n) is 6.48. The van der Waals surface area contributed by atoms with E-state index >= 15 is 0 Å². The summed E-state index contributed by atoms with van der Waals surface area (Å²) in [6, 6.07) is 8.92. The second-order valence-electron chi connectivity index (χ2n) is 4.64. The maximum Gasteiger partial charge on any atom is 0.407 e. The van der Waals surface area contributed by atoms with Crippen LogP contribution < -0.4 is 0 Å². The van der Waals surface area contributed by atoms with Gasteiger partial charge in [0.1, 0.15) is 6.04 Å². The molecular weight excluding hydrogens is 260 g/mol. The van der Waals surface area contributed by atoms with Crippen molar-refractivity contribution in [2.75, 3.05) is 33.3 Å². The summed E-state index contributed by atoms with van der Waals surface area (Å²) in [6.07, 6.45) is -0.918. The average molecular weight is 278 g/mol. The van der Waals surface area contributed by atoms with Crippen molar-refractivity contribution >= 4 is 12.1 Å². The third-order valence-corrected chi connectivity index (χ3v) is 3.49. The van der Waals surface area contributed by atoms with Crippen LogP contribution in [0.3, 0.4) is 0 Å². The quantitative estimate of drug-likeness (QED) is 0.841. The number of methoxy groups -OCH3 is 1. The van der Waals surface area contributed by atoms with E-state index in [4.69, 9.17) is 9.84 Å². The standard InChI is InChI=1S/C14H18N2O4/c1-20-13(17)12(11-5-3-2-4-6-11)15-7-9-16(10-8-15)14(18)19/h2-6,12H,7-10H2,1H3,(H,18,19). The van der Waals surface area contributed by atoms with Crippen LogP contribution in [0.25, 0.3) is 0 Å². The van der Waals surface area contributed by atoms with Crippen LogP contribution in [0, 0.1) is 0 Å². The lowest BCUT2D eigenvalue weighted by molar-refractivity contribution is -0.148. The highest BCUT2D eigenvalue weighted by atomic mass is 16.5. The largest absolute Gasteiger partial charge is 0.468 e. The average Bonchev–Trinajstić information content (AvgIpc) is 2.49. The van der Waals surface area contributed by atoms with E-state index in [1.54, 1.807) is 0 Å². The Hall–Kier alpha value is -2.08. The molecule has 1 aliphatic rings. The van der Waals surface area contributed by atoms with Crippen molar-refractivity contribution in [2.45, 2.75) is 6.04 Å². The van der Waals surface area contributed by atoms with E-state index in [0.29, 0.717) is 26.2 Å². The molecule has 6 nitrogen and oxygen atoms in total. The van der Waals surface area contributed by atoms with Gasteiger partial charge in [-0.1, -0.05) is 30.3 Å². The Kier molecular flexibility index (Phi) is 4.57. The van der Waals surface area contributed by atoms with Crippen LogP contribution in [0.4, 0.5) is 4.79 Å². The fourth-order valence-electron chi connectivity index (χ4n) is 2.41. The third-order valence-electron chi connectivity index (χ3n) is 3.49. The van der Waals surface area contributed by atoms with Gasteiger partial charge in [-0.05, 0) is 5.56 Å². The predicted octanol–water partition coefficient (Wildman–Crippen LogP) is 1.20. The number of rotatable bonds is 3. The monoisotopic (exact) mass is 278 g/mol. The Balaban J connectivity index is 2.13. The third kappa shape index (κ3) is 3.08. The molecule has 20 heavy (non-hydrogen) atoms. The number of piperazine rings is 1. The summed E-state index contributed by atoms with van der Waals surface area (Å²) in [5.41, 5.74) is 0.864. The highest BCUT2D eigenvalue weighted by molar-refractivity contribution is 5.77. The van der Waals surface area contributed by atoms with E-state index in [0.717, 1.165) is 5.56 Å². The summed E-state index contributed by atoms with van der Waals surface area (Å²) in [5, 5.41) is 8.95. The molecule has 0 aliphatic carbocycles. The molecular formula is C14H18N2O4. The maximum atomic E-state index is 12.0. The van der Waals surface area contributed by atoms with Crippen molar-refractivity contribution < 1.29 is 19.4 Å². The molecule has 108 valence electrons. The Morgan fingerprint density at radius 3 is 2.25 bits per heavy atom. The summed E-state index contributed by atoms with van der Waals surface area (Å²) in [4.78, 5) is 26.3. The van der Waals surface area contributed by atoms with Gasteiger partial charge in [-0.3, -0.25) is 4.90 Å². The highest BCUT2D eigenvalue weighted by Gasteiger charge is 2.32. The van der Waals surface area contributed by atoms with Gasteiger partial charge in [0.15, 0.2) is 0 Å². The molecule has 0 spiro atoms. The van der Waals surface area contributed by atoms with Crippen LogP contribution in [0.5, 0.6) is 0 Å². The molecule has 1 aliphatic heterocycles. The Morgan fingerprint density at radius 1 is 1.15 bits per heavy atom. The first-order chi connectivity index (χ1) is 9.63. The van der Waals surface area contributed by atoms with Gasteiger partial charge >= 0.3 is 12.1 Å². The van der Waals surface area contributed by atoms with Crippen LogP contribution in [0.2, 0.25) is 0 Å². The number of ether oxygens (including phenoxy) is 1. The van der Waals surface area contributed by atoms with Crippen LogP contribution >= 0.6 is 0 Å². The lowest BCUT2D eigenvalue weighted by Crippen LogP contribution is -2.50. The normalized spacial score (nSPS) is 17.6. The minimum absolute atomic E-state index is 0.319. The molecule has 0 radical (unpaired) electrons. The number of benzene rings is 1. The highest BCUT2D eigenvalue weighted by Crippen LogP contribution is 2.23. The van der Waals surface area contributed by atoms with Crippen molar-refractivity contribution in [3.8, 4) is 0 Å². The van der Waals surface area contributed by atoms with Crippen LogP contribution in [0.15, 0.2) is 30.3 Å². The van der Waals surface area contributed by atoms with Crippen molar-refractivity contribution in [2.24, 2.45) is 0 Å². The summed E-state index contributed by atoms with van der Waals surface area (Å²) >= 11 is 0. The molecule has 1 aromatic rings. The van der Waals surface area contributed by atoms with E-state index in [2.05, 4.69) is 0 Å². The number of amides is 1.